The van der Waals surface area contributed by atoms with Crippen molar-refractivity contribution in [3.63, 3.8) is 0 Å². The predicted molar refractivity (Wildman–Crippen MR) is 117 cm³/mol. The first-order valence-electron chi connectivity index (χ1n) is 11.4. The molecule has 30 heavy (non-hydrogen) atoms. The smallest absolute Gasteiger partial charge is 0.233 e. The summed E-state index contributed by atoms with van der Waals surface area (Å²) in [4.78, 5) is 42.8. The van der Waals surface area contributed by atoms with Gasteiger partial charge in [0.2, 0.25) is 17.7 Å². The molecule has 0 radical (unpaired) electrons. The van der Waals surface area contributed by atoms with E-state index in [2.05, 4.69) is 34.7 Å². The van der Waals surface area contributed by atoms with Crippen molar-refractivity contribution in [2.45, 2.75) is 57.9 Å². The van der Waals surface area contributed by atoms with Crippen LogP contribution >= 0.6 is 11.3 Å². The van der Waals surface area contributed by atoms with E-state index in [-0.39, 0.29) is 48.6 Å². The fourth-order valence-electron chi connectivity index (χ4n) is 5.19. The molecule has 2 aliphatic heterocycles. The van der Waals surface area contributed by atoms with Crippen LogP contribution in [0.3, 0.4) is 0 Å². The first-order valence-corrected chi connectivity index (χ1v) is 12.3. The Hall–Kier alpha value is -1.73. The number of rotatable bonds is 7. The van der Waals surface area contributed by atoms with Gasteiger partial charge in [0, 0.05) is 24.4 Å². The van der Waals surface area contributed by atoms with Gasteiger partial charge in [0.1, 0.15) is 0 Å². The minimum atomic E-state index is -0.140. The second-order valence-electron chi connectivity index (χ2n) is 9.13. The number of piperidine rings is 1. The summed E-state index contributed by atoms with van der Waals surface area (Å²) in [6.45, 7) is 5.19. The quantitative estimate of drug-likeness (QED) is 0.673. The van der Waals surface area contributed by atoms with Crippen molar-refractivity contribution in [2.24, 2.45) is 17.8 Å². The number of amides is 3. The first-order chi connectivity index (χ1) is 14.5. The molecular weight excluding hydrogens is 398 g/mol. The number of nitrogens with zero attached hydrogens (tertiary/aromatic N) is 2. The van der Waals surface area contributed by atoms with E-state index in [1.807, 2.05) is 0 Å². The Labute approximate surface area is 183 Å². The Kier molecular flexibility index (Phi) is 6.88. The largest absolute Gasteiger partial charge is 0.354 e. The number of carbonyl (C=O) groups excluding carboxylic acids is 3. The lowest BCUT2D eigenvalue weighted by Crippen LogP contribution is -2.42. The van der Waals surface area contributed by atoms with Crippen LogP contribution in [0.4, 0.5) is 0 Å². The lowest BCUT2D eigenvalue weighted by molar-refractivity contribution is -0.140. The van der Waals surface area contributed by atoms with E-state index in [1.165, 1.54) is 22.6 Å². The molecule has 6 nitrogen and oxygen atoms in total. The zero-order valence-electron chi connectivity index (χ0n) is 17.8. The Morgan fingerprint density at radius 1 is 1.13 bits per heavy atom. The van der Waals surface area contributed by atoms with Crippen molar-refractivity contribution in [1.82, 2.24) is 15.1 Å². The highest BCUT2D eigenvalue weighted by Gasteiger charge is 2.47. The second-order valence-corrected chi connectivity index (χ2v) is 10.1. The van der Waals surface area contributed by atoms with Crippen LogP contribution in [0.5, 0.6) is 0 Å². The maximum atomic E-state index is 12.6. The van der Waals surface area contributed by atoms with Crippen LogP contribution in [-0.2, 0) is 14.4 Å². The Morgan fingerprint density at radius 3 is 2.40 bits per heavy atom. The molecule has 1 aromatic heterocycles. The molecular formula is C23H33N3O3S. The molecule has 3 fully saturated rings. The molecule has 3 heterocycles. The second kappa shape index (κ2) is 9.60. The van der Waals surface area contributed by atoms with Gasteiger partial charge in [-0.1, -0.05) is 25.8 Å². The van der Waals surface area contributed by atoms with E-state index in [0.29, 0.717) is 6.54 Å². The highest BCUT2D eigenvalue weighted by Crippen LogP contribution is 2.38. The molecule has 0 unspecified atom stereocenters. The fraction of sp³-hybridized carbons (Fsp3) is 0.696. The zero-order valence-corrected chi connectivity index (χ0v) is 18.7. The normalized spacial score (nSPS) is 26.6. The maximum absolute atomic E-state index is 12.6. The minimum Gasteiger partial charge on any atom is -0.354 e. The van der Waals surface area contributed by atoms with Gasteiger partial charge in [0.25, 0.3) is 0 Å². The Balaban J connectivity index is 1.30. The van der Waals surface area contributed by atoms with Crippen LogP contribution < -0.4 is 5.32 Å². The molecule has 0 spiro atoms. The maximum Gasteiger partial charge on any atom is 0.233 e. The van der Waals surface area contributed by atoms with Crippen LogP contribution in [0, 0.1) is 17.8 Å². The number of thiophene rings is 1. The summed E-state index contributed by atoms with van der Waals surface area (Å²) >= 11 is 1.73. The summed E-state index contributed by atoms with van der Waals surface area (Å²) in [5.41, 5.74) is 0. The number of imide groups is 1. The average Bonchev–Trinajstić information content (AvgIpc) is 3.36. The van der Waals surface area contributed by atoms with Gasteiger partial charge in [-0.25, -0.2) is 0 Å². The molecule has 3 amide bonds. The summed E-state index contributed by atoms with van der Waals surface area (Å²) in [6.07, 6.45) is 6.24. The van der Waals surface area contributed by atoms with Gasteiger partial charge in [0.05, 0.1) is 17.9 Å². The first kappa shape index (κ1) is 21.5. The number of nitrogens with one attached hydrogen (secondary N) is 1. The minimum absolute atomic E-state index is 0.0589. The molecule has 4 rings (SSSR count). The van der Waals surface area contributed by atoms with Crippen molar-refractivity contribution < 1.29 is 14.4 Å². The summed E-state index contributed by atoms with van der Waals surface area (Å²) in [7, 11) is 0. The third kappa shape index (κ3) is 4.62. The van der Waals surface area contributed by atoms with E-state index in [9.17, 15) is 14.4 Å². The van der Waals surface area contributed by atoms with Crippen LogP contribution in [0.15, 0.2) is 17.5 Å². The monoisotopic (exact) mass is 431 g/mol. The molecule has 1 aromatic rings. The van der Waals surface area contributed by atoms with Gasteiger partial charge < -0.3 is 5.32 Å². The third-order valence-electron chi connectivity index (χ3n) is 7.12. The number of hydrogen-bond donors (Lipinski definition) is 1. The van der Waals surface area contributed by atoms with Gasteiger partial charge in [-0.3, -0.25) is 24.2 Å². The summed E-state index contributed by atoms with van der Waals surface area (Å²) in [5.74, 6) is 0.280. The number of carbonyl (C=O) groups is 3. The van der Waals surface area contributed by atoms with E-state index in [0.717, 1.165) is 44.7 Å². The molecule has 0 aromatic carbocycles. The summed E-state index contributed by atoms with van der Waals surface area (Å²) in [5, 5.41) is 5.16. The summed E-state index contributed by atoms with van der Waals surface area (Å²) < 4.78 is 0. The van der Waals surface area contributed by atoms with E-state index in [1.54, 1.807) is 11.3 Å². The van der Waals surface area contributed by atoms with E-state index < -0.39 is 0 Å². The van der Waals surface area contributed by atoms with Gasteiger partial charge in [0.15, 0.2) is 0 Å². The SMILES string of the molecule is CC1CCN([C@@H](CNC(=O)CCN2C(=O)[C@H]3CCCC[C@@H]3C2=O)c2cccs2)CC1. The van der Waals surface area contributed by atoms with Crippen LogP contribution in [-0.4, -0.2) is 53.7 Å². The van der Waals surface area contributed by atoms with E-state index in [4.69, 9.17) is 0 Å². The van der Waals surface area contributed by atoms with Crippen molar-refractivity contribution in [1.29, 1.82) is 0 Å². The molecule has 1 N–H and O–H groups in total. The van der Waals surface area contributed by atoms with Gasteiger partial charge in [-0.05, 0) is 56.1 Å². The number of hydrogen-bond acceptors (Lipinski definition) is 5. The van der Waals surface area contributed by atoms with Crippen molar-refractivity contribution in [3.05, 3.63) is 22.4 Å². The molecule has 164 valence electrons. The topological polar surface area (TPSA) is 69.7 Å². The van der Waals surface area contributed by atoms with Crippen LogP contribution in [0.25, 0.3) is 0 Å². The van der Waals surface area contributed by atoms with Crippen LogP contribution in [0.2, 0.25) is 0 Å². The highest BCUT2D eigenvalue weighted by atomic mass is 32.1. The third-order valence-corrected chi connectivity index (χ3v) is 8.09. The highest BCUT2D eigenvalue weighted by molar-refractivity contribution is 7.10. The van der Waals surface area contributed by atoms with Gasteiger partial charge >= 0.3 is 0 Å². The Morgan fingerprint density at radius 2 is 1.80 bits per heavy atom. The van der Waals surface area contributed by atoms with Gasteiger partial charge in [-0.15, -0.1) is 11.3 Å². The predicted octanol–water partition coefficient (Wildman–Crippen LogP) is 3.20. The molecule has 1 saturated carbocycles. The molecule has 3 atom stereocenters. The molecule has 0 bridgehead atoms. The standard InChI is InChI=1S/C23H33N3O3S/c1-16-8-11-25(12-9-16)19(20-7-4-14-30-20)15-24-21(27)10-13-26-22(28)17-5-2-3-6-18(17)23(26)29/h4,7,14,16-19H,2-3,5-6,8-13,15H2,1H3,(H,24,27)/t17-,18-,19-/m0/s1. The van der Waals surface area contributed by atoms with Crippen molar-refractivity contribution in [2.75, 3.05) is 26.2 Å². The molecule has 7 heteroatoms. The van der Waals surface area contributed by atoms with Crippen molar-refractivity contribution >= 4 is 29.1 Å². The average molecular weight is 432 g/mol. The number of likely N-dealkylation sites (tertiary alicyclic amines) is 2. The Bertz CT molecular complexity index is 734. The molecule has 1 aliphatic carbocycles. The lowest BCUT2D eigenvalue weighted by Gasteiger charge is -2.36. The zero-order chi connectivity index (χ0) is 21.1. The molecule has 2 saturated heterocycles. The van der Waals surface area contributed by atoms with Crippen molar-refractivity contribution in [3.8, 4) is 0 Å². The fourth-order valence-corrected chi connectivity index (χ4v) is 6.06. The van der Waals surface area contributed by atoms with Crippen LogP contribution in [0.1, 0.15) is 62.8 Å². The van der Waals surface area contributed by atoms with E-state index >= 15 is 0 Å². The molecule has 3 aliphatic rings. The van der Waals surface area contributed by atoms with Gasteiger partial charge in [-0.2, -0.15) is 0 Å². The lowest BCUT2D eigenvalue weighted by atomic mass is 9.81. The summed E-state index contributed by atoms with van der Waals surface area (Å²) in [6, 6.07) is 4.40. The number of fused-ring (bicyclic) bond motifs is 1.